The van der Waals surface area contributed by atoms with Crippen LogP contribution in [0.5, 0.6) is 0 Å². The maximum atomic E-state index is 10.3. The molecule has 0 amide bonds. The van der Waals surface area contributed by atoms with Crippen molar-refractivity contribution >= 4 is 28.6 Å². The van der Waals surface area contributed by atoms with Gasteiger partial charge in [0, 0.05) is 0 Å². The average molecular weight is 229 g/mol. The third kappa shape index (κ3) is 4.32. The molecule has 48 valence electrons. The quantitative estimate of drug-likeness (QED) is 0.420. The Morgan fingerprint density at radius 1 is 2.00 bits per heavy atom. The molecule has 1 atom stereocenters. The van der Waals surface area contributed by atoms with E-state index in [1.54, 1.807) is 6.92 Å². The van der Waals surface area contributed by atoms with Crippen LogP contribution in [0.1, 0.15) is 6.92 Å². The van der Waals surface area contributed by atoms with E-state index < -0.39 is 0 Å². The van der Waals surface area contributed by atoms with Gasteiger partial charge in [-0.1, -0.05) is 0 Å². The highest BCUT2D eigenvalue weighted by Gasteiger charge is 2.00. The molecular weight excluding hydrogens is 221 g/mol. The molecule has 4 heteroatoms. The number of esters is 1. The molecule has 0 aromatic carbocycles. The lowest BCUT2D eigenvalue weighted by molar-refractivity contribution is -0.142. The van der Waals surface area contributed by atoms with Crippen LogP contribution in [0.2, 0.25) is 0 Å². The van der Waals surface area contributed by atoms with Gasteiger partial charge in [0.25, 0.3) is 0 Å². The van der Waals surface area contributed by atoms with E-state index in [0.717, 1.165) is 0 Å². The molecule has 8 heavy (non-hydrogen) atoms. The van der Waals surface area contributed by atoms with Crippen molar-refractivity contribution in [2.75, 3.05) is 6.54 Å². The first-order chi connectivity index (χ1) is 3.66. The van der Waals surface area contributed by atoms with Crippen molar-refractivity contribution in [3.63, 3.8) is 0 Å². The SMILES string of the molecule is CC(I)OC(=O)CN. The van der Waals surface area contributed by atoms with Crippen molar-refractivity contribution in [2.45, 2.75) is 11.0 Å². The van der Waals surface area contributed by atoms with E-state index in [1.807, 2.05) is 22.6 Å². The van der Waals surface area contributed by atoms with Crippen LogP contribution in [0.15, 0.2) is 0 Å². The molecule has 0 saturated carbocycles. The molecule has 0 aliphatic rings. The Hall–Kier alpha value is 0.160. The average Bonchev–Trinajstić information content (AvgIpc) is 1.65. The maximum Gasteiger partial charge on any atom is 0.320 e. The minimum Gasteiger partial charge on any atom is -0.451 e. The van der Waals surface area contributed by atoms with Crippen molar-refractivity contribution in [3.05, 3.63) is 0 Å². The monoisotopic (exact) mass is 229 g/mol. The Morgan fingerprint density at radius 3 is 2.62 bits per heavy atom. The Balaban J connectivity index is 3.25. The van der Waals surface area contributed by atoms with E-state index in [1.165, 1.54) is 0 Å². The van der Waals surface area contributed by atoms with Gasteiger partial charge >= 0.3 is 5.97 Å². The minimum atomic E-state index is -0.355. The van der Waals surface area contributed by atoms with E-state index >= 15 is 0 Å². The number of hydrogen-bond acceptors (Lipinski definition) is 3. The van der Waals surface area contributed by atoms with Gasteiger partial charge in [0.2, 0.25) is 0 Å². The fourth-order valence-corrected chi connectivity index (χ4v) is 0.513. The molecule has 0 aliphatic heterocycles. The summed E-state index contributed by atoms with van der Waals surface area (Å²) in [5, 5.41) is 0. The lowest BCUT2D eigenvalue weighted by Gasteiger charge is -2.02. The Labute approximate surface area is 61.7 Å². The number of ether oxygens (including phenoxy) is 1. The van der Waals surface area contributed by atoms with Crippen LogP contribution in [0, 0.1) is 0 Å². The fraction of sp³-hybridized carbons (Fsp3) is 0.750. The highest BCUT2D eigenvalue weighted by Crippen LogP contribution is 1.98. The molecule has 1 unspecified atom stereocenters. The van der Waals surface area contributed by atoms with Crippen molar-refractivity contribution in [3.8, 4) is 0 Å². The molecule has 0 aliphatic carbocycles. The van der Waals surface area contributed by atoms with E-state index in [4.69, 9.17) is 5.73 Å². The van der Waals surface area contributed by atoms with Gasteiger partial charge in [-0.05, 0) is 29.5 Å². The zero-order chi connectivity index (χ0) is 6.57. The number of rotatable bonds is 2. The van der Waals surface area contributed by atoms with Crippen LogP contribution >= 0.6 is 22.6 Å². The lowest BCUT2D eigenvalue weighted by Crippen LogP contribution is -2.18. The van der Waals surface area contributed by atoms with Gasteiger partial charge in [-0.25, -0.2) is 0 Å². The van der Waals surface area contributed by atoms with Crippen LogP contribution in [0.4, 0.5) is 0 Å². The predicted molar refractivity (Wildman–Crippen MR) is 38.6 cm³/mol. The van der Waals surface area contributed by atoms with Crippen molar-refractivity contribution in [1.29, 1.82) is 0 Å². The van der Waals surface area contributed by atoms with E-state index in [2.05, 4.69) is 4.74 Å². The number of carbonyl (C=O) groups is 1. The first-order valence-electron chi connectivity index (χ1n) is 2.20. The summed E-state index contributed by atoms with van der Waals surface area (Å²) in [7, 11) is 0. The number of carbonyl (C=O) groups excluding carboxylic acids is 1. The van der Waals surface area contributed by atoms with Gasteiger partial charge < -0.3 is 10.5 Å². The molecule has 2 N–H and O–H groups in total. The molecule has 3 nitrogen and oxygen atoms in total. The second-order valence-corrected chi connectivity index (χ2v) is 2.99. The van der Waals surface area contributed by atoms with Gasteiger partial charge in [0.15, 0.2) is 0 Å². The van der Waals surface area contributed by atoms with E-state index in [0.29, 0.717) is 0 Å². The Morgan fingerprint density at radius 2 is 2.50 bits per heavy atom. The highest BCUT2D eigenvalue weighted by atomic mass is 127. The minimum absolute atomic E-state index is 0.0344. The molecule has 0 heterocycles. The van der Waals surface area contributed by atoms with Gasteiger partial charge in [0.05, 0.1) is 6.54 Å². The molecular formula is C4H8INO2. The topological polar surface area (TPSA) is 52.3 Å². The fourth-order valence-electron chi connectivity index (χ4n) is 0.229. The first-order valence-corrected chi connectivity index (χ1v) is 3.45. The number of halogens is 1. The summed E-state index contributed by atoms with van der Waals surface area (Å²) >= 11 is 1.98. The van der Waals surface area contributed by atoms with Gasteiger partial charge in [-0.15, -0.1) is 0 Å². The van der Waals surface area contributed by atoms with Crippen molar-refractivity contribution in [1.82, 2.24) is 0 Å². The summed E-state index contributed by atoms with van der Waals surface area (Å²) in [6.45, 7) is 1.74. The lowest BCUT2D eigenvalue weighted by atomic mass is 10.7. The maximum absolute atomic E-state index is 10.3. The smallest absolute Gasteiger partial charge is 0.320 e. The van der Waals surface area contributed by atoms with Crippen LogP contribution in [-0.2, 0) is 9.53 Å². The number of alkyl halides is 1. The number of nitrogens with two attached hydrogens (primary N) is 1. The van der Waals surface area contributed by atoms with Crippen LogP contribution in [0.3, 0.4) is 0 Å². The molecule has 0 saturated heterocycles. The molecule has 0 bridgehead atoms. The van der Waals surface area contributed by atoms with Gasteiger partial charge in [-0.3, -0.25) is 4.79 Å². The standard InChI is InChI=1S/C4H8INO2/c1-3(5)8-4(7)2-6/h3H,2,6H2,1H3. The molecule has 0 radical (unpaired) electrons. The summed E-state index contributed by atoms with van der Waals surface area (Å²) < 4.78 is 4.54. The highest BCUT2D eigenvalue weighted by molar-refractivity contribution is 14.1. The normalized spacial score (nSPS) is 12.9. The third-order valence-electron chi connectivity index (χ3n) is 0.461. The second kappa shape index (κ2) is 4.08. The summed E-state index contributed by atoms with van der Waals surface area (Å²) in [6, 6.07) is 0. The summed E-state index contributed by atoms with van der Waals surface area (Å²) in [5.41, 5.74) is 4.94. The molecule has 0 spiro atoms. The van der Waals surface area contributed by atoms with Crippen molar-refractivity contribution < 1.29 is 9.53 Å². The van der Waals surface area contributed by atoms with E-state index in [9.17, 15) is 4.79 Å². The zero-order valence-corrected chi connectivity index (χ0v) is 6.71. The molecule has 0 aromatic heterocycles. The molecule has 0 rings (SSSR count). The van der Waals surface area contributed by atoms with E-state index in [-0.39, 0.29) is 16.6 Å². The summed E-state index contributed by atoms with van der Waals surface area (Å²) in [6.07, 6.45) is 0. The third-order valence-corrected chi connectivity index (χ3v) is 0.715. The Bertz CT molecular complexity index is 84.1. The summed E-state index contributed by atoms with van der Waals surface area (Å²) in [4.78, 5) is 10.3. The van der Waals surface area contributed by atoms with Crippen LogP contribution < -0.4 is 5.73 Å². The zero-order valence-electron chi connectivity index (χ0n) is 4.56. The van der Waals surface area contributed by atoms with Gasteiger partial charge in [-0.2, -0.15) is 0 Å². The molecule has 0 fully saturated rings. The molecule has 0 aromatic rings. The van der Waals surface area contributed by atoms with Crippen molar-refractivity contribution in [2.24, 2.45) is 5.73 Å². The van der Waals surface area contributed by atoms with Crippen LogP contribution in [0.25, 0.3) is 0 Å². The predicted octanol–water partition coefficient (Wildman–Crippen LogP) is 0.269. The van der Waals surface area contributed by atoms with Crippen LogP contribution in [-0.4, -0.2) is 16.6 Å². The largest absolute Gasteiger partial charge is 0.451 e. The van der Waals surface area contributed by atoms with Gasteiger partial charge in [0.1, 0.15) is 4.11 Å². The first kappa shape index (κ1) is 8.16. The summed E-state index contributed by atoms with van der Waals surface area (Å²) in [5.74, 6) is -0.355. The number of hydrogen-bond donors (Lipinski definition) is 1. The second-order valence-electron chi connectivity index (χ2n) is 1.24. The Kier molecular flexibility index (Phi) is 4.16.